The minimum atomic E-state index is -0.505. The molecule has 4 heteroatoms. The van der Waals surface area contributed by atoms with Gasteiger partial charge in [0.25, 0.3) is 0 Å². The van der Waals surface area contributed by atoms with Gasteiger partial charge in [-0.05, 0) is 11.6 Å². The molecule has 1 N–H and O–H groups in total. The smallest absolute Gasteiger partial charge is 0.0954 e. The predicted molar refractivity (Wildman–Crippen MR) is 55.0 cm³/mol. The van der Waals surface area contributed by atoms with Gasteiger partial charge in [-0.3, -0.25) is 4.98 Å². The van der Waals surface area contributed by atoms with E-state index in [-0.39, 0.29) is 0 Å². The first-order valence-electron chi connectivity index (χ1n) is 4.32. The molecule has 0 saturated carbocycles. The van der Waals surface area contributed by atoms with E-state index >= 15 is 0 Å². The Kier molecular flexibility index (Phi) is 2.86. The average molecular weight is 206 g/mol. The molecule has 0 aliphatic rings. The number of hydrogen-bond donors (Lipinski definition) is 1. The number of aliphatic hydroxyl groups is 1. The Hall–Kier alpha value is -1.26. The molecule has 2 heterocycles. The second-order valence-electron chi connectivity index (χ2n) is 2.93. The summed E-state index contributed by atoms with van der Waals surface area (Å²) in [6.07, 6.45) is 5.17. The van der Waals surface area contributed by atoms with E-state index < -0.39 is 6.10 Å². The van der Waals surface area contributed by atoms with E-state index in [1.165, 1.54) is 0 Å². The van der Waals surface area contributed by atoms with Gasteiger partial charge in [-0.2, -0.15) is 0 Å². The lowest BCUT2D eigenvalue weighted by atomic mass is 10.1. The van der Waals surface area contributed by atoms with Crippen molar-refractivity contribution in [2.24, 2.45) is 0 Å². The van der Waals surface area contributed by atoms with Crippen LogP contribution >= 0.6 is 11.3 Å². The Morgan fingerprint density at radius 1 is 1.43 bits per heavy atom. The predicted octanol–water partition coefficient (Wildman–Crippen LogP) is 1.81. The minimum absolute atomic E-state index is 0.505. The monoisotopic (exact) mass is 206 g/mol. The quantitative estimate of drug-likeness (QED) is 0.833. The van der Waals surface area contributed by atoms with Crippen molar-refractivity contribution in [2.75, 3.05) is 0 Å². The third-order valence-corrected chi connectivity index (χ3v) is 2.72. The van der Waals surface area contributed by atoms with Gasteiger partial charge in [0.2, 0.25) is 0 Å². The lowest BCUT2D eigenvalue weighted by Gasteiger charge is -2.07. The molecular weight excluding hydrogens is 196 g/mol. The average Bonchev–Trinajstić information content (AvgIpc) is 2.72. The molecule has 72 valence electrons. The van der Waals surface area contributed by atoms with Gasteiger partial charge < -0.3 is 5.11 Å². The second kappa shape index (κ2) is 4.30. The summed E-state index contributed by atoms with van der Waals surface area (Å²) in [6.45, 7) is 0. The number of nitrogens with zero attached hydrogens (tertiary/aromatic N) is 2. The van der Waals surface area contributed by atoms with Crippen LogP contribution in [0.3, 0.4) is 0 Å². The maximum absolute atomic E-state index is 9.82. The molecule has 2 aromatic heterocycles. The van der Waals surface area contributed by atoms with Crippen molar-refractivity contribution < 1.29 is 5.11 Å². The molecule has 0 aliphatic carbocycles. The first kappa shape index (κ1) is 9.30. The fraction of sp³-hybridized carbons (Fsp3) is 0.200. The van der Waals surface area contributed by atoms with Gasteiger partial charge >= 0.3 is 0 Å². The van der Waals surface area contributed by atoms with Gasteiger partial charge in [0.05, 0.1) is 11.1 Å². The summed E-state index contributed by atoms with van der Waals surface area (Å²) >= 11 is 1.55. The molecule has 1 atom stereocenters. The second-order valence-corrected chi connectivity index (χ2v) is 3.91. The summed E-state index contributed by atoms with van der Waals surface area (Å²) < 4.78 is 0. The van der Waals surface area contributed by atoms with Crippen molar-refractivity contribution in [3.05, 3.63) is 46.7 Å². The van der Waals surface area contributed by atoms with Crippen LogP contribution in [0.2, 0.25) is 0 Å². The molecule has 1 unspecified atom stereocenters. The molecule has 0 fully saturated rings. The third-order valence-electron chi connectivity index (χ3n) is 1.92. The fourth-order valence-electron chi connectivity index (χ4n) is 1.21. The number of aliphatic hydroxyl groups excluding tert-OH is 1. The molecule has 0 aliphatic heterocycles. The highest BCUT2D eigenvalue weighted by Crippen LogP contribution is 2.18. The van der Waals surface area contributed by atoms with Gasteiger partial charge in [-0.25, -0.2) is 4.98 Å². The van der Waals surface area contributed by atoms with Crippen molar-refractivity contribution >= 4 is 11.3 Å². The number of aromatic nitrogens is 2. The molecule has 0 spiro atoms. The van der Waals surface area contributed by atoms with Crippen molar-refractivity contribution in [3.8, 4) is 0 Å². The first-order chi connectivity index (χ1) is 6.86. The van der Waals surface area contributed by atoms with Gasteiger partial charge in [0.15, 0.2) is 0 Å². The van der Waals surface area contributed by atoms with Gasteiger partial charge in [0.1, 0.15) is 0 Å². The van der Waals surface area contributed by atoms with Crippen LogP contribution in [0.5, 0.6) is 0 Å². The fourth-order valence-corrected chi connectivity index (χ4v) is 1.86. The summed E-state index contributed by atoms with van der Waals surface area (Å²) in [7, 11) is 0. The zero-order chi connectivity index (χ0) is 9.80. The lowest BCUT2D eigenvalue weighted by Crippen LogP contribution is -2.01. The maximum Gasteiger partial charge on any atom is 0.0954 e. The number of pyridine rings is 1. The lowest BCUT2D eigenvalue weighted by molar-refractivity contribution is 0.178. The number of rotatable bonds is 3. The van der Waals surface area contributed by atoms with Gasteiger partial charge in [-0.1, -0.05) is 6.07 Å². The van der Waals surface area contributed by atoms with E-state index in [2.05, 4.69) is 9.97 Å². The van der Waals surface area contributed by atoms with Crippen molar-refractivity contribution in [1.29, 1.82) is 0 Å². The summed E-state index contributed by atoms with van der Waals surface area (Å²) in [5, 5.41) is 12.7. The third kappa shape index (κ3) is 2.16. The zero-order valence-corrected chi connectivity index (χ0v) is 8.31. The van der Waals surface area contributed by atoms with E-state index in [4.69, 9.17) is 0 Å². The molecule has 0 radical (unpaired) electrons. The van der Waals surface area contributed by atoms with Crippen molar-refractivity contribution in [2.45, 2.75) is 12.5 Å². The summed E-state index contributed by atoms with van der Waals surface area (Å²) in [4.78, 5) is 8.08. The zero-order valence-electron chi connectivity index (χ0n) is 7.50. The van der Waals surface area contributed by atoms with Crippen LogP contribution < -0.4 is 0 Å². The van der Waals surface area contributed by atoms with Gasteiger partial charge in [-0.15, -0.1) is 11.3 Å². The minimum Gasteiger partial charge on any atom is -0.388 e. The summed E-state index contributed by atoms with van der Waals surface area (Å²) in [5.41, 5.74) is 0.836. The molecule has 2 aromatic rings. The normalized spacial score (nSPS) is 12.6. The Labute approximate surface area is 86.1 Å². The molecule has 0 amide bonds. The largest absolute Gasteiger partial charge is 0.388 e. The Morgan fingerprint density at radius 2 is 2.36 bits per heavy atom. The maximum atomic E-state index is 9.82. The van der Waals surface area contributed by atoms with Crippen LogP contribution in [-0.4, -0.2) is 15.1 Å². The summed E-state index contributed by atoms with van der Waals surface area (Å²) in [5.74, 6) is 0. The van der Waals surface area contributed by atoms with Crippen LogP contribution in [0, 0.1) is 0 Å². The van der Waals surface area contributed by atoms with Crippen LogP contribution in [0.4, 0.5) is 0 Å². The Balaban J connectivity index is 2.07. The topological polar surface area (TPSA) is 46.0 Å². The highest BCUT2D eigenvalue weighted by molar-refractivity contribution is 7.09. The summed E-state index contributed by atoms with van der Waals surface area (Å²) in [6, 6.07) is 3.69. The van der Waals surface area contributed by atoms with E-state index in [1.54, 1.807) is 29.9 Å². The first-order valence-corrected chi connectivity index (χ1v) is 5.20. The van der Waals surface area contributed by atoms with E-state index in [9.17, 15) is 5.11 Å². The highest BCUT2D eigenvalue weighted by atomic mass is 32.1. The SMILES string of the molecule is OC(Cc1nccs1)c1cccnc1. The van der Waals surface area contributed by atoms with Crippen molar-refractivity contribution in [1.82, 2.24) is 9.97 Å². The number of hydrogen-bond acceptors (Lipinski definition) is 4. The van der Waals surface area contributed by atoms with Crippen LogP contribution in [0.1, 0.15) is 16.7 Å². The standard InChI is InChI=1S/C10H10N2OS/c13-9(6-10-12-4-5-14-10)8-2-1-3-11-7-8/h1-5,7,9,13H,6H2. The Bertz CT molecular complexity index is 374. The van der Waals surface area contributed by atoms with Crippen LogP contribution in [0.15, 0.2) is 36.1 Å². The highest BCUT2D eigenvalue weighted by Gasteiger charge is 2.09. The Morgan fingerprint density at radius 3 is 3.00 bits per heavy atom. The number of thiazole rings is 1. The molecule has 3 nitrogen and oxygen atoms in total. The van der Waals surface area contributed by atoms with E-state index in [0.717, 1.165) is 10.6 Å². The van der Waals surface area contributed by atoms with Crippen LogP contribution in [-0.2, 0) is 6.42 Å². The molecule has 0 aromatic carbocycles. The van der Waals surface area contributed by atoms with E-state index in [1.807, 2.05) is 17.5 Å². The van der Waals surface area contributed by atoms with E-state index in [0.29, 0.717) is 6.42 Å². The van der Waals surface area contributed by atoms with Crippen molar-refractivity contribution in [3.63, 3.8) is 0 Å². The molecular formula is C10H10N2OS. The molecule has 0 bridgehead atoms. The molecule has 14 heavy (non-hydrogen) atoms. The molecule has 0 saturated heterocycles. The van der Waals surface area contributed by atoms with Crippen LogP contribution in [0.25, 0.3) is 0 Å². The molecule has 2 rings (SSSR count). The van der Waals surface area contributed by atoms with Gasteiger partial charge in [0, 0.05) is 30.4 Å².